The first-order valence-corrected chi connectivity index (χ1v) is 7.78. The molecule has 150 valence electrons. The van der Waals surface area contributed by atoms with Crippen LogP contribution in [-0.4, -0.2) is 88.5 Å². The average Bonchev–Trinajstić information content (AvgIpc) is 2.45. The van der Waals surface area contributed by atoms with Crippen molar-refractivity contribution in [1.29, 1.82) is 0 Å². The second-order valence-electron chi connectivity index (χ2n) is 6.56. The van der Waals surface area contributed by atoms with Gasteiger partial charge >= 0.3 is 5.97 Å². The van der Waals surface area contributed by atoms with Gasteiger partial charge in [0.05, 0.1) is 33.9 Å². The van der Waals surface area contributed by atoms with Crippen molar-refractivity contribution in [2.75, 3.05) is 34.3 Å². The topological polar surface area (TPSA) is 158 Å². The van der Waals surface area contributed by atoms with E-state index in [0.29, 0.717) is 11.0 Å². The Morgan fingerprint density at radius 2 is 1.62 bits per heavy atom. The van der Waals surface area contributed by atoms with Crippen LogP contribution in [0.25, 0.3) is 0 Å². The number of phenols is 1. The van der Waals surface area contributed by atoms with Crippen LogP contribution in [0.4, 0.5) is 0 Å². The molecule has 1 rings (SSSR count). The lowest BCUT2D eigenvalue weighted by molar-refractivity contribution is -0.873. The normalized spacial score (nSPS) is 12.6. The molecular weight excluding hydrogens is 346 g/mol. The van der Waals surface area contributed by atoms with Crippen LogP contribution in [0.2, 0.25) is 0 Å². The number of quaternary nitrogens is 1. The Bertz CT molecular complexity index is 540. The third kappa shape index (κ3) is 16.7. The first kappa shape index (κ1) is 26.0. The lowest BCUT2D eigenvalue weighted by atomic mass is 10.2. The molecule has 0 fully saturated rings. The van der Waals surface area contributed by atoms with E-state index in [9.17, 15) is 14.7 Å². The van der Waals surface area contributed by atoms with Crippen LogP contribution in [0.5, 0.6) is 5.75 Å². The summed E-state index contributed by atoms with van der Waals surface area (Å²) in [5.41, 5.74) is -0.0671. The maximum absolute atomic E-state index is 10.3. The maximum Gasteiger partial charge on any atom is 0.339 e. The van der Waals surface area contributed by atoms with E-state index in [1.54, 1.807) is 12.1 Å². The zero-order valence-electron chi connectivity index (χ0n) is 15.5. The van der Waals surface area contributed by atoms with Gasteiger partial charge in [-0.1, -0.05) is 12.1 Å². The van der Waals surface area contributed by atoms with E-state index in [1.807, 2.05) is 21.1 Å². The molecular formula is C17H29NO8. The van der Waals surface area contributed by atoms with Gasteiger partial charge in [0, 0.05) is 12.4 Å². The number of carboxylic acids is 2. The minimum Gasteiger partial charge on any atom is -0.550 e. The van der Waals surface area contributed by atoms with Crippen molar-refractivity contribution in [2.45, 2.75) is 25.6 Å². The summed E-state index contributed by atoms with van der Waals surface area (Å²) in [6.07, 6.45) is -1.65. The average molecular weight is 375 g/mol. The molecule has 26 heavy (non-hydrogen) atoms. The van der Waals surface area contributed by atoms with Gasteiger partial charge in [0.25, 0.3) is 0 Å². The molecule has 0 spiro atoms. The smallest absolute Gasteiger partial charge is 0.339 e. The number of carbonyl (C=O) groups is 2. The Balaban J connectivity index is 0. The minimum atomic E-state index is -1.20. The van der Waals surface area contributed by atoms with E-state index >= 15 is 0 Å². The van der Waals surface area contributed by atoms with Crippen LogP contribution >= 0.6 is 0 Å². The van der Waals surface area contributed by atoms with Crippen molar-refractivity contribution in [2.24, 2.45) is 0 Å². The lowest BCUT2D eigenvalue weighted by Crippen LogP contribution is -2.43. The molecule has 0 amide bonds. The number of aromatic carboxylic acids is 1. The van der Waals surface area contributed by atoms with E-state index in [0.717, 1.165) is 0 Å². The number of hydrogen-bond donors (Lipinski definition) is 5. The van der Waals surface area contributed by atoms with Gasteiger partial charge in [-0.05, 0) is 19.1 Å². The number of aliphatic hydroxyl groups excluding tert-OH is 3. The summed E-state index contributed by atoms with van der Waals surface area (Å²) in [5.74, 6) is -2.51. The van der Waals surface area contributed by atoms with Crippen LogP contribution in [0.1, 0.15) is 23.7 Å². The molecule has 1 aromatic carbocycles. The second-order valence-corrected chi connectivity index (χ2v) is 6.56. The molecule has 0 saturated carbocycles. The highest BCUT2D eigenvalue weighted by atomic mass is 16.4. The Hall–Kier alpha value is -2.20. The number of aromatic hydroxyl groups is 1. The van der Waals surface area contributed by atoms with Crippen LogP contribution < -0.4 is 5.11 Å². The van der Waals surface area contributed by atoms with Crippen molar-refractivity contribution >= 4 is 11.9 Å². The standard InChI is InChI=1S/C7H15NO3.C7H6O3.C3H8O2/c1-8(2,3)5-6(9)4-7(10)11;8-6-4-2-1-3-5(6)7(9)10;1-3(5)2-4/h6,9H,4-5H2,1-3H3;1-4,8H,(H,9,10);3-5H,2H2,1H3. The number of benzene rings is 1. The highest BCUT2D eigenvalue weighted by Gasteiger charge is 2.14. The number of carbonyl (C=O) groups excluding carboxylic acids is 1. The van der Waals surface area contributed by atoms with E-state index in [-0.39, 0.29) is 24.3 Å². The summed E-state index contributed by atoms with van der Waals surface area (Å²) < 4.78 is 0.550. The zero-order valence-corrected chi connectivity index (χ0v) is 15.5. The van der Waals surface area contributed by atoms with Gasteiger partial charge in [0.15, 0.2) is 0 Å². The number of rotatable bonds is 6. The summed E-state index contributed by atoms with van der Waals surface area (Å²) in [5, 5.41) is 52.4. The fourth-order valence-electron chi connectivity index (χ4n) is 1.54. The monoisotopic (exact) mass is 375 g/mol. The molecule has 2 atom stereocenters. The molecule has 0 radical (unpaired) electrons. The third-order valence-electron chi connectivity index (χ3n) is 2.56. The zero-order chi connectivity index (χ0) is 20.9. The SMILES string of the molecule is CC(O)CO.C[N+](C)(C)CC(O)CC(=O)[O-].O=C(O)c1ccccc1O. The van der Waals surface area contributed by atoms with Crippen LogP contribution in [-0.2, 0) is 4.79 Å². The fourth-order valence-corrected chi connectivity index (χ4v) is 1.54. The Kier molecular flexibility index (Phi) is 13.1. The van der Waals surface area contributed by atoms with Crippen molar-refractivity contribution in [3.63, 3.8) is 0 Å². The third-order valence-corrected chi connectivity index (χ3v) is 2.56. The predicted octanol–water partition coefficient (Wildman–Crippen LogP) is -1.36. The van der Waals surface area contributed by atoms with E-state index < -0.39 is 24.1 Å². The summed E-state index contributed by atoms with van der Waals surface area (Å²) in [7, 11) is 5.66. The lowest BCUT2D eigenvalue weighted by Gasteiger charge is -2.26. The van der Waals surface area contributed by atoms with Gasteiger partial charge in [0.2, 0.25) is 0 Å². The number of aliphatic hydroxyl groups is 3. The first-order valence-electron chi connectivity index (χ1n) is 7.78. The van der Waals surface area contributed by atoms with Crippen LogP contribution in [0.3, 0.4) is 0 Å². The van der Waals surface area contributed by atoms with Crippen LogP contribution in [0, 0.1) is 0 Å². The van der Waals surface area contributed by atoms with Gasteiger partial charge < -0.3 is 39.9 Å². The summed E-state index contributed by atoms with van der Waals surface area (Å²) in [6.45, 7) is 1.81. The highest BCUT2D eigenvalue weighted by molar-refractivity contribution is 5.90. The molecule has 1 aromatic rings. The fraction of sp³-hybridized carbons (Fsp3) is 0.529. The van der Waals surface area contributed by atoms with Crippen molar-refractivity contribution in [3.05, 3.63) is 29.8 Å². The molecule has 9 nitrogen and oxygen atoms in total. The van der Waals surface area contributed by atoms with E-state index in [2.05, 4.69) is 0 Å². The van der Waals surface area contributed by atoms with Crippen LogP contribution in [0.15, 0.2) is 24.3 Å². The molecule has 9 heteroatoms. The van der Waals surface area contributed by atoms with Gasteiger partial charge in [-0.25, -0.2) is 4.79 Å². The van der Waals surface area contributed by atoms with Crippen molar-refractivity contribution in [1.82, 2.24) is 0 Å². The van der Waals surface area contributed by atoms with Crippen molar-refractivity contribution < 1.29 is 44.7 Å². The number of para-hydroxylation sites is 1. The van der Waals surface area contributed by atoms with E-state index in [1.165, 1.54) is 19.1 Å². The molecule has 0 heterocycles. The number of likely N-dealkylation sites (N-methyl/N-ethyl adjacent to an activating group) is 1. The molecule has 0 bridgehead atoms. The van der Waals surface area contributed by atoms with Crippen molar-refractivity contribution in [3.8, 4) is 5.75 Å². The molecule has 0 aliphatic heterocycles. The van der Waals surface area contributed by atoms with Gasteiger partial charge in [-0.3, -0.25) is 0 Å². The number of nitrogens with zero attached hydrogens (tertiary/aromatic N) is 1. The molecule has 0 saturated heterocycles. The Morgan fingerprint density at radius 3 is 1.88 bits per heavy atom. The first-order chi connectivity index (χ1) is 11.8. The summed E-state index contributed by atoms with van der Waals surface area (Å²) in [4.78, 5) is 20.3. The Labute approximate surface area is 153 Å². The molecule has 0 aromatic heterocycles. The van der Waals surface area contributed by atoms with Gasteiger partial charge in [-0.2, -0.15) is 0 Å². The molecule has 0 aliphatic rings. The number of aliphatic carboxylic acids is 1. The summed E-state index contributed by atoms with van der Waals surface area (Å²) in [6, 6.07) is 5.81. The minimum absolute atomic E-state index is 0.0671. The van der Waals surface area contributed by atoms with Gasteiger partial charge in [0.1, 0.15) is 24.0 Å². The molecule has 0 aliphatic carbocycles. The molecule has 5 N–H and O–H groups in total. The maximum atomic E-state index is 10.3. The highest BCUT2D eigenvalue weighted by Crippen LogP contribution is 2.14. The quantitative estimate of drug-likeness (QED) is 0.382. The predicted molar refractivity (Wildman–Crippen MR) is 92.4 cm³/mol. The molecule has 2 unspecified atom stereocenters. The number of hydrogen-bond acceptors (Lipinski definition) is 7. The number of carboxylic acid groups (broad SMARTS) is 2. The second kappa shape index (κ2) is 13.1. The van der Waals surface area contributed by atoms with E-state index in [4.69, 9.17) is 25.5 Å². The Morgan fingerprint density at radius 1 is 1.15 bits per heavy atom. The van der Waals surface area contributed by atoms with Gasteiger partial charge in [-0.15, -0.1) is 0 Å². The summed E-state index contributed by atoms with van der Waals surface area (Å²) >= 11 is 0. The largest absolute Gasteiger partial charge is 0.550 e.